The molecule has 2 fully saturated rings. The average molecular weight is 556 g/mol. The summed E-state index contributed by atoms with van der Waals surface area (Å²) in [4.78, 5) is 14.3. The monoisotopic (exact) mass is 555 g/mol. The smallest absolute Gasteiger partial charge is 0.253 e. The second kappa shape index (κ2) is 11.7. The molecular formula is C30H41N3O3S2. The number of aromatic nitrogens is 1. The van der Waals surface area contributed by atoms with Crippen LogP contribution in [0.4, 0.5) is 0 Å². The van der Waals surface area contributed by atoms with E-state index in [9.17, 15) is 9.35 Å². The quantitative estimate of drug-likeness (QED) is 0.323. The van der Waals surface area contributed by atoms with Crippen molar-refractivity contribution in [3.05, 3.63) is 40.9 Å². The van der Waals surface area contributed by atoms with Crippen LogP contribution >= 0.6 is 11.3 Å². The molecule has 1 aromatic carbocycles. The highest BCUT2D eigenvalue weighted by molar-refractivity contribution is 7.90. The van der Waals surface area contributed by atoms with Crippen LogP contribution in [0.2, 0.25) is 0 Å². The lowest BCUT2D eigenvalue weighted by atomic mass is 9.89. The van der Waals surface area contributed by atoms with E-state index in [2.05, 4.69) is 45.1 Å². The van der Waals surface area contributed by atoms with Crippen molar-refractivity contribution in [3.63, 3.8) is 0 Å². The zero-order chi connectivity index (χ0) is 26.9. The molecular weight excluding hydrogens is 514 g/mol. The third kappa shape index (κ3) is 6.15. The number of rotatable bonds is 7. The van der Waals surface area contributed by atoms with Crippen LogP contribution in [0.5, 0.6) is 0 Å². The normalized spacial score (nSPS) is 18.7. The van der Waals surface area contributed by atoms with Crippen LogP contribution in [0.15, 0.2) is 34.5 Å². The van der Waals surface area contributed by atoms with E-state index in [0.29, 0.717) is 19.1 Å². The van der Waals surface area contributed by atoms with Crippen molar-refractivity contribution < 1.29 is 14.1 Å². The minimum Gasteiger partial charge on any atom is -0.593 e. The zero-order valence-electron chi connectivity index (χ0n) is 23.1. The van der Waals surface area contributed by atoms with E-state index in [0.717, 1.165) is 56.9 Å². The van der Waals surface area contributed by atoms with Crippen molar-refractivity contribution in [3.8, 4) is 11.3 Å². The summed E-state index contributed by atoms with van der Waals surface area (Å²) < 4.78 is 25.3. The number of carbonyl (C=O) groups excluding carboxylic acids is 1. The molecule has 1 aliphatic carbocycles. The first-order chi connectivity index (χ1) is 18.2. The molecule has 3 heterocycles. The van der Waals surface area contributed by atoms with Crippen LogP contribution in [-0.4, -0.2) is 39.8 Å². The van der Waals surface area contributed by atoms with Gasteiger partial charge in [-0.2, -0.15) is 0 Å². The molecule has 1 unspecified atom stereocenters. The highest BCUT2D eigenvalue weighted by Gasteiger charge is 2.28. The standard InChI is InChI=1S/C30H41N3O3S2/c1-20-25(29(34)31-22-12-15-36-16-13-22)18-26(33(20)19-21-8-6-5-7-9-21)23-10-11-27(28-24(23)14-17-37-28)38(35)32-30(2,3)4/h10-11,14,17-18,21-22,32H,5-9,12-13,15-16,19H2,1-4H3,(H,31,34). The molecule has 2 aliphatic rings. The molecule has 3 aromatic rings. The number of hydrogen-bond acceptors (Lipinski definition) is 5. The minimum absolute atomic E-state index is 0.00621. The van der Waals surface area contributed by atoms with Gasteiger partial charge in [-0.25, -0.2) is 0 Å². The summed E-state index contributed by atoms with van der Waals surface area (Å²) in [5.74, 6) is 0.632. The molecule has 5 rings (SSSR count). The zero-order valence-corrected chi connectivity index (χ0v) is 24.7. The maximum atomic E-state index is 13.5. The maximum absolute atomic E-state index is 13.5. The van der Waals surface area contributed by atoms with Crippen molar-refractivity contribution in [1.29, 1.82) is 0 Å². The third-order valence-corrected chi connectivity index (χ3v) is 10.4. The maximum Gasteiger partial charge on any atom is 0.253 e. The molecule has 2 aromatic heterocycles. The number of nitrogens with one attached hydrogen (secondary N) is 2. The summed E-state index contributed by atoms with van der Waals surface area (Å²) in [5.41, 5.74) is 3.70. The van der Waals surface area contributed by atoms with Crippen LogP contribution in [0.25, 0.3) is 21.3 Å². The van der Waals surface area contributed by atoms with Gasteiger partial charge in [0.05, 0.1) is 27.2 Å². The van der Waals surface area contributed by atoms with Gasteiger partial charge >= 0.3 is 0 Å². The van der Waals surface area contributed by atoms with Crippen molar-refractivity contribution in [1.82, 2.24) is 14.6 Å². The topological polar surface area (TPSA) is 78.3 Å². The molecule has 0 bridgehead atoms. The molecule has 8 heteroatoms. The van der Waals surface area contributed by atoms with Gasteiger partial charge in [0.15, 0.2) is 4.90 Å². The summed E-state index contributed by atoms with van der Waals surface area (Å²) in [6, 6.07) is 8.47. The third-order valence-electron chi connectivity index (χ3n) is 7.79. The van der Waals surface area contributed by atoms with Crippen molar-refractivity contribution in [2.24, 2.45) is 5.92 Å². The van der Waals surface area contributed by atoms with Crippen molar-refractivity contribution in [2.75, 3.05) is 13.2 Å². The Kier molecular flexibility index (Phi) is 8.55. The number of amides is 1. The van der Waals surface area contributed by atoms with Gasteiger partial charge in [0.2, 0.25) is 0 Å². The van der Waals surface area contributed by atoms with E-state index < -0.39 is 11.4 Å². The second-order valence-corrected chi connectivity index (χ2v) is 14.0. The lowest BCUT2D eigenvalue weighted by Crippen LogP contribution is -2.40. The van der Waals surface area contributed by atoms with Gasteiger partial charge in [-0.05, 0) is 88.9 Å². The van der Waals surface area contributed by atoms with Crippen LogP contribution in [0.3, 0.4) is 0 Å². The largest absolute Gasteiger partial charge is 0.593 e. The van der Waals surface area contributed by atoms with Gasteiger partial charge in [-0.15, -0.1) is 16.1 Å². The molecule has 1 atom stereocenters. The number of carbonyl (C=O) groups is 1. The number of ether oxygens (including phenoxy) is 1. The highest BCUT2D eigenvalue weighted by atomic mass is 32.2. The molecule has 6 nitrogen and oxygen atoms in total. The number of hydrogen-bond donors (Lipinski definition) is 2. The lowest BCUT2D eigenvalue weighted by molar-refractivity contribution is 0.0696. The first-order valence-corrected chi connectivity index (χ1v) is 16.0. The van der Waals surface area contributed by atoms with Crippen molar-refractivity contribution >= 4 is 38.7 Å². The predicted octanol–water partition coefficient (Wildman–Crippen LogP) is 6.58. The Morgan fingerprint density at radius 2 is 1.87 bits per heavy atom. The van der Waals surface area contributed by atoms with Gasteiger partial charge in [0, 0.05) is 48.1 Å². The summed E-state index contributed by atoms with van der Waals surface area (Å²) in [5, 5.41) is 6.44. The predicted molar refractivity (Wildman–Crippen MR) is 157 cm³/mol. The summed E-state index contributed by atoms with van der Waals surface area (Å²) in [6.07, 6.45) is 8.09. The van der Waals surface area contributed by atoms with Crippen LogP contribution in [-0.2, 0) is 22.6 Å². The Morgan fingerprint density at radius 3 is 2.58 bits per heavy atom. The van der Waals surface area contributed by atoms with Crippen LogP contribution in [0.1, 0.15) is 81.8 Å². The molecule has 206 valence electrons. The van der Waals surface area contributed by atoms with E-state index in [-0.39, 0.29) is 17.5 Å². The average Bonchev–Trinajstić information content (AvgIpc) is 3.49. The molecule has 1 saturated heterocycles. The fraction of sp³-hybridized carbons (Fsp3) is 0.567. The molecule has 1 aliphatic heterocycles. The summed E-state index contributed by atoms with van der Waals surface area (Å²) in [7, 11) is 0. The fourth-order valence-corrected chi connectivity index (χ4v) is 8.14. The molecule has 2 N–H and O–H groups in total. The van der Waals surface area contributed by atoms with E-state index in [4.69, 9.17) is 4.74 Å². The number of benzene rings is 1. The second-order valence-electron chi connectivity index (χ2n) is 11.9. The molecule has 1 amide bonds. The lowest BCUT2D eigenvalue weighted by Gasteiger charge is -2.25. The van der Waals surface area contributed by atoms with Crippen LogP contribution < -0.4 is 10.0 Å². The Labute approximate surface area is 233 Å². The highest BCUT2D eigenvalue weighted by Crippen LogP contribution is 2.39. The summed E-state index contributed by atoms with van der Waals surface area (Å²) in [6.45, 7) is 10.5. The summed E-state index contributed by atoms with van der Waals surface area (Å²) >= 11 is 0.313. The first kappa shape index (κ1) is 27.7. The molecule has 1 saturated carbocycles. The number of nitrogens with zero attached hydrogens (tertiary/aromatic N) is 1. The number of thiophene rings is 1. The minimum atomic E-state index is -1.31. The molecule has 38 heavy (non-hydrogen) atoms. The van der Waals surface area contributed by atoms with Gasteiger partial charge in [0.25, 0.3) is 5.91 Å². The van der Waals surface area contributed by atoms with Gasteiger partial charge in [-0.3, -0.25) is 4.79 Å². The van der Waals surface area contributed by atoms with Crippen LogP contribution in [0, 0.1) is 12.8 Å². The van der Waals surface area contributed by atoms with Gasteiger partial charge in [-0.1, -0.05) is 19.3 Å². The first-order valence-electron chi connectivity index (χ1n) is 14.0. The molecule has 0 spiro atoms. The van der Waals surface area contributed by atoms with E-state index >= 15 is 0 Å². The fourth-order valence-electron chi connectivity index (χ4n) is 5.81. The Bertz CT molecular complexity index is 1260. The molecule has 0 radical (unpaired) electrons. The van der Waals surface area contributed by atoms with E-state index in [1.54, 1.807) is 11.3 Å². The SMILES string of the molecule is Cc1c(C(=O)NC2CCOCC2)cc(-c2ccc([S+]([O-])NC(C)(C)C)c3sccc23)n1CC1CCCCC1. The Hall–Kier alpha value is -1.84. The van der Waals surface area contributed by atoms with Crippen molar-refractivity contribution in [2.45, 2.75) is 95.7 Å². The number of fused-ring (bicyclic) bond motifs is 1. The Morgan fingerprint density at radius 1 is 1.13 bits per heavy atom. The Balaban J connectivity index is 1.54. The van der Waals surface area contributed by atoms with E-state index in [1.807, 2.05) is 26.8 Å². The van der Waals surface area contributed by atoms with Gasteiger partial charge < -0.3 is 19.2 Å². The van der Waals surface area contributed by atoms with Gasteiger partial charge in [0.1, 0.15) is 0 Å². The van der Waals surface area contributed by atoms with E-state index in [1.165, 1.54) is 32.1 Å².